The molecule has 3 aromatic rings. The maximum Gasteiger partial charge on any atom is 0.305 e. The number of hydrogen-bond acceptors (Lipinski definition) is 4. The van der Waals surface area contributed by atoms with Crippen molar-refractivity contribution in [2.75, 3.05) is 6.61 Å². The van der Waals surface area contributed by atoms with Gasteiger partial charge in [0.25, 0.3) is 0 Å². The topological polar surface area (TPSA) is 87.0 Å². The third-order valence-electron chi connectivity index (χ3n) is 5.45. The van der Waals surface area contributed by atoms with Gasteiger partial charge >= 0.3 is 5.97 Å². The lowest BCUT2D eigenvalue weighted by molar-refractivity contribution is -0.139. The summed E-state index contributed by atoms with van der Waals surface area (Å²) in [5.74, 6) is -1.36. The van der Waals surface area contributed by atoms with Crippen molar-refractivity contribution >= 4 is 5.97 Å². The molecule has 5 nitrogen and oxygen atoms in total. The maximum absolute atomic E-state index is 13.6. The Morgan fingerprint density at radius 1 is 0.853 bits per heavy atom. The number of carbonyl (C=O) groups is 1. The summed E-state index contributed by atoms with van der Waals surface area (Å²) in [5.41, 5.74) is 3.83. The van der Waals surface area contributed by atoms with Gasteiger partial charge < -0.3 is 20.1 Å². The standard InChI is InChI=1S/C27H28F2O5/c1-16(2)24-11-19(17-3-7-20(28)8-4-17)12-25(18-5-9-21(29)10-6-18)27(24)34-15-23(31)13-22(30)14-26(32)33/h3-12,16,22-23,30-31H,13-15H2,1-2H3,(H,32,33)/t22-,23?/m1/s1. The summed E-state index contributed by atoms with van der Waals surface area (Å²) in [5, 5.41) is 28.9. The second kappa shape index (κ2) is 11.2. The van der Waals surface area contributed by atoms with Crippen LogP contribution >= 0.6 is 0 Å². The van der Waals surface area contributed by atoms with Crippen LogP contribution in [0, 0.1) is 11.6 Å². The van der Waals surface area contributed by atoms with E-state index in [0.29, 0.717) is 16.9 Å². The average molecular weight is 471 g/mol. The van der Waals surface area contributed by atoms with Crippen molar-refractivity contribution in [3.8, 4) is 28.0 Å². The van der Waals surface area contributed by atoms with Crippen molar-refractivity contribution in [1.29, 1.82) is 0 Å². The molecule has 7 heteroatoms. The summed E-state index contributed by atoms with van der Waals surface area (Å²) in [6.07, 6.45) is -2.91. The molecule has 3 rings (SSSR count). The van der Waals surface area contributed by atoms with E-state index in [2.05, 4.69) is 0 Å². The van der Waals surface area contributed by atoms with Gasteiger partial charge in [0.15, 0.2) is 0 Å². The zero-order valence-corrected chi connectivity index (χ0v) is 19.0. The molecule has 0 saturated heterocycles. The fourth-order valence-corrected chi connectivity index (χ4v) is 3.74. The van der Waals surface area contributed by atoms with Gasteiger partial charge in [-0.15, -0.1) is 0 Å². The van der Waals surface area contributed by atoms with E-state index in [1.807, 2.05) is 26.0 Å². The van der Waals surface area contributed by atoms with Crippen LogP contribution in [-0.4, -0.2) is 40.1 Å². The molecule has 0 bridgehead atoms. The molecule has 0 aliphatic carbocycles. The summed E-state index contributed by atoms with van der Waals surface area (Å²) >= 11 is 0. The summed E-state index contributed by atoms with van der Waals surface area (Å²) in [6.45, 7) is 3.80. The molecule has 3 N–H and O–H groups in total. The van der Waals surface area contributed by atoms with Crippen LogP contribution in [0.1, 0.15) is 38.2 Å². The summed E-state index contributed by atoms with van der Waals surface area (Å²) in [6, 6.07) is 15.9. The summed E-state index contributed by atoms with van der Waals surface area (Å²) < 4.78 is 33.1. The van der Waals surface area contributed by atoms with Crippen LogP contribution in [-0.2, 0) is 4.79 Å². The number of hydrogen-bond donors (Lipinski definition) is 3. The van der Waals surface area contributed by atoms with Crippen molar-refractivity contribution < 1.29 is 33.6 Å². The molecule has 0 amide bonds. The van der Waals surface area contributed by atoms with Gasteiger partial charge in [0.2, 0.25) is 0 Å². The highest BCUT2D eigenvalue weighted by Gasteiger charge is 2.20. The molecule has 3 aromatic carbocycles. The number of halogens is 2. The van der Waals surface area contributed by atoms with Crippen LogP contribution in [0.2, 0.25) is 0 Å². The predicted molar refractivity (Wildman–Crippen MR) is 126 cm³/mol. The normalized spacial score (nSPS) is 13.0. The second-order valence-electron chi connectivity index (χ2n) is 8.56. The van der Waals surface area contributed by atoms with Gasteiger partial charge in [0, 0.05) is 12.0 Å². The SMILES string of the molecule is CC(C)c1cc(-c2ccc(F)cc2)cc(-c2ccc(F)cc2)c1OCC(O)C[C@@H](O)CC(=O)O. The number of ether oxygens (including phenoxy) is 1. The zero-order chi connectivity index (χ0) is 24.8. The summed E-state index contributed by atoms with van der Waals surface area (Å²) in [7, 11) is 0. The highest BCUT2D eigenvalue weighted by molar-refractivity contribution is 5.80. The highest BCUT2D eigenvalue weighted by Crippen LogP contribution is 2.41. The first kappa shape index (κ1) is 25.3. The molecular formula is C27H28F2O5. The Hall–Kier alpha value is -3.29. The van der Waals surface area contributed by atoms with Crippen molar-refractivity contribution in [2.45, 2.75) is 44.8 Å². The van der Waals surface area contributed by atoms with Gasteiger partial charge in [-0.1, -0.05) is 38.1 Å². The first-order valence-corrected chi connectivity index (χ1v) is 11.0. The van der Waals surface area contributed by atoms with E-state index in [1.54, 1.807) is 24.3 Å². The number of aliphatic hydroxyl groups excluding tert-OH is 2. The number of aliphatic carboxylic acids is 1. The van der Waals surface area contributed by atoms with Crippen molar-refractivity contribution in [1.82, 2.24) is 0 Å². The Kier molecular flexibility index (Phi) is 8.36. The zero-order valence-electron chi connectivity index (χ0n) is 19.0. The maximum atomic E-state index is 13.6. The van der Waals surface area contributed by atoms with Crippen molar-refractivity contribution in [3.05, 3.63) is 77.9 Å². The van der Waals surface area contributed by atoms with Crippen LogP contribution in [0.4, 0.5) is 8.78 Å². The largest absolute Gasteiger partial charge is 0.490 e. The van der Waals surface area contributed by atoms with E-state index in [1.165, 1.54) is 24.3 Å². The summed E-state index contributed by atoms with van der Waals surface area (Å²) in [4.78, 5) is 10.8. The molecule has 0 heterocycles. The van der Waals surface area contributed by atoms with Crippen molar-refractivity contribution in [2.24, 2.45) is 0 Å². The van der Waals surface area contributed by atoms with Crippen LogP contribution in [0.3, 0.4) is 0 Å². The van der Waals surface area contributed by atoms with E-state index in [-0.39, 0.29) is 30.6 Å². The molecule has 2 atom stereocenters. The Morgan fingerprint density at radius 3 is 1.94 bits per heavy atom. The Balaban J connectivity index is 2.01. The molecule has 0 fully saturated rings. The van der Waals surface area contributed by atoms with Crippen LogP contribution in [0.15, 0.2) is 60.7 Å². The van der Waals surface area contributed by atoms with E-state index < -0.39 is 24.6 Å². The molecule has 0 aromatic heterocycles. The number of aliphatic hydroxyl groups is 2. The minimum atomic E-state index is -1.20. The lowest BCUT2D eigenvalue weighted by Gasteiger charge is -2.22. The second-order valence-corrected chi connectivity index (χ2v) is 8.56. The Bertz CT molecular complexity index is 1110. The highest BCUT2D eigenvalue weighted by atomic mass is 19.1. The Morgan fingerprint density at radius 2 is 1.41 bits per heavy atom. The van der Waals surface area contributed by atoms with E-state index in [0.717, 1.165) is 16.7 Å². The van der Waals surface area contributed by atoms with Gasteiger partial charge in [-0.3, -0.25) is 4.79 Å². The number of carboxylic acids is 1. The minimum Gasteiger partial charge on any atom is -0.490 e. The molecule has 0 aliphatic heterocycles. The first-order chi connectivity index (χ1) is 16.1. The van der Waals surface area contributed by atoms with Gasteiger partial charge in [-0.2, -0.15) is 0 Å². The van der Waals surface area contributed by atoms with Crippen LogP contribution in [0.5, 0.6) is 5.75 Å². The van der Waals surface area contributed by atoms with Crippen LogP contribution < -0.4 is 4.74 Å². The van der Waals surface area contributed by atoms with Crippen LogP contribution in [0.25, 0.3) is 22.3 Å². The molecule has 34 heavy (non-hydrogen) atoms. The van der Waals surface area contributed by atoms with Gasteiger partial charge in [0.05, 0.1) is 18.6 Å². The number of benzene rings is 3. The number of rotatable bonds is 10. The third kappa shape index (κ3) is 6.62. The third-order valence-corrected chi connectivity index (χ3v) is 5.45. The van der Waals surface area contributed by atoms with Crippen molar-refractivity contribution in [3.63, 3.8) is 0 Å². The van der Waals surface area contributed by atoms with E-state index in [9.17, 15) is 23.8 Å². The Labute approximate surface area is 197 Å². The fraction of sp³-hybridized carbons (Fsp3) is 0.296. The minimum absolute atomic E-state index is 0.0179. The smallest absolute Gasteiger partial charge is 0.305 e. The molecule has 0 spiro atoms. The van der Waals surface area contributed by atoms with Gasteiger partial charge in [0.1, 0.15) is 24.0 Å². The quantitative estimate of drug-likeness (QED) is 0.370. The molecule has 1 unspecified atom stereocenters. The fourth-order valence-electron chi connectivity index (χ4n) is 3.74. The average Bonchev–Trinajstić information content (AvgIpc) is 2.77. The van der Waals surface area contributed by atoms with E-state index in [4.69, 9.17) is 9.84 Å². The molecule has 0 radical (unpaired) electrons. The molecular weight excluding hydrogens is 442 g/mol. The number of carboxylic acid groups (broad SMARTS) is 1. The molecule has 0 saturated carbocycles. The molecule has 180 valence electrons. The van der Waals surface area contributed by atoms with Gasteiger partial charge in [-0.05, 0) is 64.6 Å². The lowest BCUT2D eigenvalue weighted by Crippen LogP contribution is -2.25. The monoisotopic (exact) mass is 470 g/mol. The van der Waals surface area contributed by atoms with E-state index >= 15 is 0 Å². The van der Waals surface area contributed by atoms with Gasteiger partial charge in [-0.25, -0.2) is 8.78 Å². The first-order valence-electron chi connectivity index (χ1n) is 11.0. The molecule has 0 aliphatic rings. The lowest BCUT2D eigenvalue weighted by atomic mass is 9.90. The predicted octanol–water partition coefficient (Wildman–Crippen LogP) is 5.39.